The van der Waals surface area contributed by atoms with Crippen LogP contribution in [0.25, 0.3) is 0 Å². The van der Waals surface area contributed by atoms with Crippen molar-refractivity contribution in [3.8, 4) is 0 Å². The first-order valence-electron chi connectivity index (χ1n) is 35.2. The van der Waals surface area contributed by atoms with Crippen molar-refractivity contribution in [1.29, 1.82) is 0 Å². The van der Waals surface area contributed by atoms with E-state index in [1.165, 1.54) is 167 Å². The number of phosphoric ester groups is 1. The molecule has 1 N–H and O–H groups in total. The minimum Gasteiger partial charge on any atom is -0.756 e. The van der Waals surface area contributed by atoms with Crippen LogP contribution in [0.1, 0.15) is 303 Å². The van der Waals surface area contributed by atoms with Crippen LogP contribution >= 0.6 is 7.82 Å². The molecule has 3 unspecified atom stereocenters. The predicted octanol–water partition coefficient (Wildman–Crippen LogP) is 21.8. The molecule has 0 saturated carbocycles. The van der Waals surface area contributed by atoms with Crippen molar-refractivity contribution in [3.63, 3.8) is 0 Å². The van der Waals surface area contributed by atoms with E-state index in [1.807, 2.05) is 33.3 Å². The first-order chi connectivity index (χ1) is 41.4. The minimum absolute atomic E-state index is 0.0351. The summed E-state index contributed by atoms with van der Waals surface area (Å²) in [6.45, 7) is 6.68. The molecule has 3 atom stereocenters. The molecule has 0 heterocycles. The number of hydrogen-bond acceptors (Lipinski definition) is 7. The van der Waals surface area contributed by atoms with Crippen LogP contribution in [-0.2, 0) is 27.9 Å². The first kappa shape index (κ1) is 81.7. The number of amides is 1. The van der Waals surface area contributed by atoms with Crippen molar-refractivity contribution >= 4 is 19.7 Å². The molecule has 0 bridgehead atoms. The van der Waals surface area contributed by atoms with Gasteiger partial charge in [-0.25, -0.2) is 0 Å². The summed E-state index contributed by atoms with van der Waals surface area (Å²) >= 11 is 0. The van der Waals surface area contributed by atoms with Crippen LogP contribution in [0, 0.1) is 0 Å². The molecule has 0 aliphatic heterocycles. The minimum atomic E-state index is -4.72. The van der Waals surface area contributed by atoms with Gasteiger partial charge in [0, 0.05) is 12.8 Å². The number of rotatable bonds is 63. The quantitative estimate of drug-likeness (QED) is 0.0212. The third kappa shape index (κ3) is 65.0. The predicted molar refractivity (Wildman–Crippen MR) is 367 cm³/mol. The molecule has 490 valence electrons. The van der Waals surface area contributed by atoms with E-state index in [-0.39, 0.29) is 31.3 Å². The zero-order valence-corrected chi connectivity index (χ0v) is 56.9. The number of carbonyl (C=O) groups excluding carboxylic acids is 2. The monoisotopic (exact) mass is 1200 g/mol. The maximum absolute atomic E-state index is 13.6. The number of unbranched alkanes of at least 4 members (excludes halogenated alkanes) is 31. The largest absolute Gasteiger partial charge is 0.756 e. The Morgan fingerprint density at radius 1 is 0.424 bits per heavy atom. The van der Waals surface area contributed by atoms with Gasteiger partial charge in [-0.05, 0) is 115 Å². The highest BCUT2D eigenvalue weighted by Crippen LogP contribution is 2.38. The standard InChI is InChI=1S/C75H133N2O7P/c1-7-10-13-16-19-22-25-27-29-31-33-35-36-37-38-39-40-42-44-46-48-50-53-56-59-62-65-68-75(79)84-73(66-63-60-57-54-51-24-21-18-15-12-9-3)72(71-83-85(80,81)82-70-69-77(4,5)6)76-74(78)67-64-61-58-55-52-49-47-45-43-41-34-32-30-28-26-23-20-17-14-11-8-2/h11,14,19-20,22-23,27-30,34,41,45,47,52,55,63,66,72-73H,7-10,12-13,15-18,21,24-26,31-33,35-40,42-44,46,48-51,53-54,56-62,64-65,67-71H2,1-6H3,(H-,76,78,80,81)/b14-11-,22-19-,23-20-,29-27-,30-28-,41-34-,47-45-,55-52-,66-63-. The van der Waals surface area contributed by atoms with Crippen LogP contribution in [0.5, 0.6) is 0 Å². The van der Waals surface area contributed by atoms with Gasteiger partial charge in [0.25, 0.3) is 7.82 Å². The number of carbonyl (C=O) groups is 2. The second-order valence-corrected chi connectivity index (χ2v) is 26.1. The maximum Gasteiger partial charge on any atom is 0.306 e. The molecule has 85 heavy (non-hydrogen) atoms. The molecule has 0 fully saturated rings. The Labute approximate surface area is 525 Å². The molecule has 0 aromatic rings. The number of allylic oxidation sites excluding steroid dienone is 17. The number of esters is 1. The van der Waals surface area contributed by atoms with E-state index in [0.29, 0.717) is 17.4 Å². The van der Waals surface area contributed by atoms with Crippen LogP contribution < -0.4 is 10.2 Å². The van der Waals surface area contributed by atoms with Gasteiger partial charge < -0.3 is 28.5 Å². The zero-order chi connectivity index (χ0) is 62.1. The van der Waals surface area contributed by atoms with E-state index in [2.05, 4.69) is 123 Å². The Morgan fingerprint density at radius 3 is 1.16 bits per heavy atom. The van der Waals surface area contributed by atoms with Crippen molar-refractivity contribution in [2.24, 2.45) is 0 Å². The molecule has 0 spiro atoms. The van der Waals surface area contributed by atoms with Crippen molar-refractivity contribution in [2.75, 3.05) is 40.9 Å². The van der Waals surface area contributed by atoms with E-state index in [9.17, 15) is 19.0 Å². The summed E-state index contributed by atoms with van der Waals surface area (Å²) in [5.74, 6) is -0.590. The second kappa shape index (κ2) is 63.7. The number of nitrogens with one attached hydrogen (secondary N) is 1. The highest BCUT2D eigenvalue weighted by atomic mass is 31.2. The second-order valence-electron chi connectivity index (χ2n) is 24.6. The number of quaternary nitrogens is 1. The number of phosphoric acid groups is 1. The number of likely N-dealkylation sites (N-methyl/N-ethyl adjacent to an activating group) is 1. The first-order valence-corrected chi connectivity index (χ1v) is 36.7. The Bertz CT molecular complexity index is 1820. The van der Waals surface area contributed by atoms with Crippen LogP contribution in [0.4, 0.5) is 0 Å². The fourth-order valence-electron chi connectivity index (χ4n) is 9.79. The molecular formula is C75H133N2O7P. The molecule has 0 rings (SSSR count). The fraction of sp³-hybridized carbons (Fsp3) is 0.733. The van der Waals surface area contributed by atoms with Gasteiger partial charge >= 0.3 is 5.97 Å². The van der Waals surface area contributed by atoms with E-state index < -0.39 is 26.6 Å². The Morgan fingerprint density at radius 2 is 0.753 bits per heavy atom. The van der Waals surface area contributed by atoms with Crippen molar-refractivity contribution in [2.45, 2.75) is 315 Å². The Balaban J connectivity index is 5.07. The summed E-state index contributed by atoms with van der Waals surface area (Å²) in [7, 11) is 1.15. The van der Waals surface area contributed by atoms with Gasteiger partial charge in [0.05, 0.1) is 33.8 Å². The van der Waals surface area contributed by atoms with Gasteiger partial charge in [0.2, 0.25) is 5.91 Å². The van der Waals surface area contributed by atoms with Gasteiger partial charge in [0.1, 0.15) is 19.3 Å². The average Bonchev–Trinajstić information content (AvgIpc) is 3.57. The van der Waals surface area contributed by atoms with Gasteiger partial charge in [-0.1, -0.05) is 285 Å². The topological polar surface area (TPSA) is 114 Å². The summed E-state index contributed by atoms with van der Waals surface area (Å²) in [5.41, 5.74) is 0. The third-order valence-corrected chi connectivity index (χ3v) is 16.2. The van der Waals surface area contributed by atoms with E-state index >= 15 is 0 Å². The van der Waals surface area contributed by atoms with E-state index in [0.717, 1.165) is 96.3 Å². The summed E-state index contributed by atoms with van der Waals surface area (Å²) < 4.78 is 30.4. The zero-order valence-electron chi connectivity index (χ0n) is 56.0. The maximum atomic E-state index is 13.6. The average molecular weight is 1210 g/mol. The molecule has 0 aromatic heterocycles. The lowest BCUT2D eigenvalue weighted by Crippen LogP contribution is -2.47. The van der Waals surface area contributed by atoms with Crippen molar-refractivity contribution < 1.29 is 37.3 Å². The van der Waals surface area contributed by atoms with Crippen molar-refractivity contribution in [3.05, 3.63) is 109 Å². The van der Waals surface area contributed by atoms with Crippen LogP contribution in [0.2, 0.25) is 0 Å². The number of ether oxygens (including phenoxy) is 1. The van der Waals surface area contributed by atoms with Gasteiger partial charge in [-0.15, -0.1) is 0 Å². The Hall–Kier alpha value is -3.33. The number of hydrogen-bond donors (Lipinski definition) is 1. The smallest absolute Gasteiger partial charge is 0.306 e. The normalized spacial score (nSPS) is 14.2. The van der Waals surface area contributed by atoms with E-state index in [1.54, 1.807) is 0 Å². The summed E-state index contributed by atoms with van der Waals surface area (Å²) in [4.78, 5) is 40.1. The molecular weight excluding hydrogens is 1070 g/mol. The number of nitrogens with zero attached hydrogens (tertiary/aromatic N) is 1. The third-order valence-electron chi connectivity index (χ3n) is 15.2. The van der Waals surface area contributed by atoms with Gasteiger partial charge in [-0.2, -0.15) is 0 Å². The molecule has 0 aliphatic carbocycles. The molecule has 0 aliphatic rings. The molecule has 0 radical (unpaired) electrons. The summed E-state index contributed by atoms with van der Waals surface area (Å²) in [5, 5.41) is 3.01. The lowest BCUT2D eigenvalue weighted by atomic mass is 10.0. The lowest BCUT2D eigenvalue weighted by molar-refractivity contribution is -0.870. The molecule has 0 aromatic carbocycles. The van der Waals surface area contributed by atoms with Gasteiger partial charge in [0.15, 0.2) is 0 Å². The van der Waals surface area contributed by atoms with Crippen LogP contribution in [0.3, 0.4) is 0 Å². The molecule has 10 heteroatoms. The SMILES string of the molecule is CC/C=C\C/C=C\C/C=C\C/C=C\C/C=C\C/C=C\CCCCC(=O)NC(COP(=O)([O-])OCC[N+](C)(C)C)C(/C=C\CCCCCCCCCCC)OC(=O)CCCCCCCCCCCCCCCCCCC/C=C\C/C=C\CCCCC. The highest BCUT2D eigenvalue weighted by Gasteiger charge is 2.27. The van der Waals surface area contributed by atoms with Gasteiger partial charge in [-0.3, -0.25) is 14.2 Å². The lowest BCUT2D eigenvalue weighted by Gasteiger charge is -2.30. The summed E-state index contributed by atoms with van der Waals surface area (Å²) in [6.07, 6.45) is 88.0. The van der Waals surface area contributed by atoms with Crippen LogP contribution in [0.15, 0.2) is 109 Å². The Kier molecular flexibility index (Phi) is 61.2. The van der Waals surface area contributed by atoms with Crippen molar-refractivity contribution in [1.82, 2.24) is 5.32 Å². The molecule has 1 amide bonds. The van der Waals surface area contributed by atoms with E-state index in [4.69, 9.17) is 13.8 Å². The highest BCUT2D eigenvalue weighted by molar-refractivity contribution is 7.45. The molecule has 0 saturated heterocycles. The molecule has 9 nitrogen and oxygen atoms in total. The fourth-order valence-corrected chi connectivity index (χ4v) is 10.5. The van der Waals surface area contributed by atoms with Crippen LogP contribution in [-0.4, -0.2) is 69.4 Å². The summed E-state index contributed by atoms with van der Waals surface area (Å²) in [6, 6.07) is -0.918.